The number of phenolic OH excluding ortho intramolecular Hbond substituents is 1. The van der Waals surface area contributed by atoms with E-state index in [1.807, 2.05) is 31.3 Å². The molecule has 10 heteroatoms. The van der Waals surface area contributed by atoms with Crippen molar-refractivity contribution in [1.29, 1.82) is 0 Å². The SMILES string of the molecule is COc1cc(C(=O)N2CCN(CCN3CCc4ncccc4C3)C[C@H]2Cc2ccc(C)c(O)c2)cc(C(F)(F)F)c1. The molecule has 1 fully saturated rings. The first-order chi connectivity index (χ1) is 19.6. The molecule has 0 radical (unpaired) electrons. The number of phenols is 1. The van der Waals surface area contributed by atoms with Crippen LogP contribution in [0, 0.1) is 6.92 Å². The number of piperazine rings is 1. The van der Waals surface area contributed by atoms with Gasteiger partial charge in [0.15, 0.2) is 0 Å². The van der Waals surface area contributed by atoms with Gasteiger partial charge in [0, 0.05) is 75.7 Å². The zero-order chi connectivity index (χ0) is 29.1. The first kappa shape index (κ1) is 28.9. The van der Waals surface area contributed by atoms with E-state index in [2.05, 4.69) is 20.9 Å². The van der Waals surface area contributed by atoms with Crippen molar-refractivity contribution in [2.75, 3.05) is 46.4 Å². The van der Waals surface area contributed by atoms with E-state index in [1.165, 1.54) is 18.7 Å². The monoisotopic (exact) mass is 568 g/mol. The van der Waals surface area contributed by atoms with Crippen molar-refractivity contribution in [1.82, 2.24) is 19.7 Å². The van der Waals surface area contributed by atoms with Crippen LogP contribution in [0.4, 0.5) is 13.2 Å². The van der Waals surface area contributed by atoms with Gasteiger partial charge in [-0.3, -0.25) is 19.6 Å². The fourth-order valence-electron chi connectivity index (χ4n) is 5.69. The van der Waals surface area contributed by atoms with Crippen molar-refractivity contribution in [2.24, 2.45) is 0 Å². The third kappa shape index (κ3) is 6.82. The van der Waals surface area contributed by atoms with Crippen molar-refractivity contribution in [3.05, 3.63) is 88.2 Å². The highest BCUT2D eigenvalue weighted by Crippen LogP contribution is 2.33. The molecule has 5 rings (SSSR count). The number of aromatic hydroxyl groups is 1. The van der Waals surface area contributed by atoms with Crippen LogP contribution < -0.4 is 4.74 Å². The Labute approximate surface area is 238 Å². The number of amides is 1. The number of halogens is 3. The van der Waals surface area contributed by atoms with Gasteiger partial charge in [-0.1, -0.05) is 18.2 Å². The highest BCUT2D eigenvalue weighted by atomic mass is 19.4. The lowest BCUT2D eigenvalue weighted by molar-refractivity contribution is -0.137. The number of aryl methyl sites for hydroxylation is 1. The van der Waals surface area contributed by atoms with Gasteiger partial charge in [-0.2, -0.15) is 13.2 Å². The summed E-state index contributed by atoms with van der Waals surface area (Å²) < 4.78 is 45.8. The van der Waals surface area contributed by atoms with E-state index in [4.69, 9.17) is 4.74 Å². The number of nitrogens with zero attached hydrogens (tertiary/aromatic N) is 4. The minimum absolute atomic E-state index is 0.0138. The largest absolute Gasteiger partial charge is 0.508 e. The van der Waals surface area contributed by atoms with E-state index < -0.39 is 17.6 Å². The molecule has 1 aromatic heterocycles. The third-order valence-electron chi connectivity index (χ3n) is 8.06. The quantitative estimate of drug-likeness (QED) is 0.451. The maximum absolute atomic E-state index is 13.7. The van der Waals surface area contributed by atoms with Gasteiger partial charge in [0.1, 0.15) is 11.5 Å². The zero-order valence-electron chi connectivity index (χ0n) is 23.3. The van der Waals surface area contributed by atoms with Crippen molar-refractivity contribution >= 4 is 5.91 Å². The molecule has 0 saturated carbocycles. The van der Waals surface area contributed by atoms with Crippen LogP contribution in [0.25, 0.3) is 0 Å². The summed E-state index contributed by atoms with van der Waals surface area (Å²) in [5, 5.41) is 10.3. The van der Waals surface area contributed by atoms with Crippen molar-refractivity contribution in [3.8, 4) is 11.5 Å². The topological polar surface area (TPSA) is 69.1 Å². The molecule has 0 aliphatic carbocycles. The van der Waals surface area contributed by atoms with E-state index >= 15 is 0 Å². The van der Waals surface area contributed by atoms with Crippen LogP contribution in [0.3, 0.4) is 0 Å². The number of methoxy groups -OCH3 is 1. The van der Waals surface area contributed by atoms with Gasteiger partial charge in [0.25, 0.3) is 5.91 Å². The average molecular weight is 569 g/mol. The van der Waals surface area contributed by atoms with Gasteiger partial charge in [0.2, 0.25) is 0 Å². The molecule has 1 N–H and O–H groups in total. The van der Waals surface area contributed by atoms with Gasteiger partial charge in [0.05, 0.1) is 12.7 Å². The third-order valence-corrected chi connectivity index (χ3v) is 8.06. The van der Waals surface area contributed by atoms with Gasteiger partial charge < -0.3 is 14.7 Å². The predicted octanol–water partition coefficient (Wildman–Crippen LogP) is 4.55. The highest BCUT2D eigenvalue weighted by Gasteiger charge is 2.35. The van der Waals surface area contributed by atoms with Crippen molar-refractivity contribution in [2.45, 2.75) is 38.5 Å². The number of ether oxygens (including phenoxy) is 1. The molecule has 1 atom stereocenters. The van der Waals surface area contributed by atoms with Gasteiger partial charge in [-0.25, -0.2) is 0 Å². The Morgan fingerprint density at radius 2 is 1.88 bits per heavy atom. The number of hydrogen-bond acceptors (Lipinski definition) is 6. The molecule has 0 spiro atoms. The van der Waals surface area contributed by atoms with Crippen molar-refractivity contribution < 1.29 is 27.8 Å². The van der Waals surface area contributed by atoms with Crippen LogP contribution in [0.5, 0.6) is 11.5 Å². The summed E-state index contributed by atoms with van der Waals surface area (Å²) in [5.41, 5.74) is 3.05. The number of alkyl halides is 3. The molecule has 41 heavy (non-hydrogen) atoms. The number of rotatable bonds is 7. The standard InChI is InChI=1S/C31H35F3N4O3/c1-21-5-6-22(15-29(21)39)14-26-20-37(11-10-36-9-7-28-23(19-36)4-3-8-35-28)12-13-38(26)30(40)24-16-25(31(32,33)34)18-27(17-24)41-2/h3-6,8,15-18,26,39H,7,9-14,19-20H2,1-2H3/t26-/m1/s1. The normalized spacial score (nSPS) is 18.3. The van der Waals surface area contributed by atoms with E-state index in [-0.39, 0.29) is 23.1 Å². The second kappa shape index (κ2) is 12.1. The van der Waals surface area contributed by atoms with Crippen LogP contribution in [-0.2, 0) is 25.6 Å². The number of benzene rings is 2. The number of aromatic nitrogens is 1. The summed E-state index contributed by atoms with van der Waals surface area (Å²) in [6.07, 6.45) is -1.39. The maximum Gasteiger partial charge on any atom is 0.416 e. The number of pyridine rings is 1. The molecule has 218 valence electrons. The summed E-state index contributed by atoms with van der Waals surface area (Å²) in [7, 11) is 1.28. The Balaban J connectivity index is 1.33. The number of carbonyl (C=O) groups excluding carboxylic acids is 1. The molecule has 3 aromatic rings. The molecule has 7 nitrogen and oxygen atoms in total. The highest BCUT2D eigenvalue weighted by molar-refractivity contribution is 5.95. The number of fused-ring (bicyclic) bond motifs is 1. The molecular formula is C31H35F3N4O3. The smallest absolute Gasteiger partial charge is 0.416 e. The number of carbonyl (C=O) groups is 1. The minimum Gasteiger partial charge on any atom is -0.508 e. The summed E-state index contributed by atoms with van der Waals surface area (Å²) in [5.74, 6) is -0.300. The van der Waals surface area contributed by atoms with Gasteiger partial charge in [-0.05, 0) is 60.4 Å². The fraction of sp³-hybridized carbons (Fsp3) is 0.419. The molecule has 2 aromatic carbocycles. The Morgan fingerprint density at radius 1 is 1.07 bits per heavy atom. The number of hydrogen-bond donors (Lipinski definition) is 1. The first-order valence-corrected chi connectivity index (χ1v) is 13.8. The van der Waals surface area contributed by atoms with E-state index in [0.717, 1.165) is 61.6 Å². The summed E-state index contributed by atoms with van der Waals surface area (Å²) >= 11 is 0. The lowest BCUT2D eigenvalue weighted by Crippen LogP contribution is -2.57. The Bertz CT molecular complexity index is 1400. The lowest BCUT2D eigenvalue weighted by Gasteiger charge is -2.42. The molecule has 1 amide bonds. The molecule has 2 aliphatic heterocycles. The second-order valence-corrected chi connectivity index (χ2v) is 10.9. The molecule has 2 aliphatic rings. The Hall–Kier alpha value is -3.63. The van der Waals surface area contributed by atoms with Crippen molar-refractivity contribution in [3.63, 3.8) is 0 Å². The van der Waals surface area contributed by atoms with Crippen LogP contribution >= 0.6 is 0 Å². The fourth-order valence-corrected chi connectivity index (χ4v) is 5.69. The molecule has 0 bridgehead atoms. The lowest BCUT2D eigenvalue weighted by atomic mass is 9.99. The first-order valence-electron chi connectivity index (χ1n) is 13.8. The van der Waals surface area contributed by atoms with E-state index in [1.54, 1.807) is 11.0 Å². The molecular weight excluding hydrogens is 533 g/mol. The summed E-state index contributed by atoms with van der Waals surface area (Å²) in [4.78, 5) is 24.6. The molecule has 1 saturated heterocycles. The minimum atomic E-state index is -4.61. The van der Waals surface area contributed by atoms with E-state index in [0.29, 0.717) is 26.1 Å². The second-order valence-electron chi connectivity index (χ2n) is 10.9. The van der Waals surface area contributed by atoms with Gasteiger partial charge in [-0.15, -0.1) is 0 Å². The summed E-state index contributed by atoms with van der Waals surface area (Å²) in [6.45, 7) is 6.85. The Kier molecular flexibility index (Phi) is 8.51. The van der Waals surface area contributed by atoms with Gasteiger partial charge >= 0.3 is 6.18 Å². The Morgan fingerprint density at radius 3 is 2.63 bits per heavy atom. The average Bonchev–Trinajstić information content (AvgIpc) is 2.97. The summed E-state index contributed by atoms with van der Waals surface area (Å²) in [6, 6.07) is 12.4. The predicted molar refractivity (Wildman–Crippen MR) is 149 cm³/mol. The van der Waals surface area contributed by atoms with E-state index in [9.17, 15) is 23.1 Å². The van der Waals surface area contributed by atoms with Crippen LogP contribution in [0.1, 0.15) is 38.3 Å². The van der Waals surface area contributed by atoms with Crippen LogP contribution in [0.2, 0.25) is 0 Å². The maximum atomic E-state index is 13.7. The molecule has 0 unspecified atom stereocenters. The molecule has 3 heterocycles. The van der Waals surface area contributed by atoms with Crippen LogP contribution in [0.15, 0.2) is 54.7 Å². The van der Waals surface area contributed by atoms with Crippen LogP contribution in [-0.4, -0.2) is 83.1 Å². The zero-order valence-corrected chi connectivity index (χ0v) is 23.3.